The first-order valence-corrected chi connectivity index (χ1v) is 6.81. The monoisotopic (exact) mass is 264 g/mol. The minimum absolute atomic E-state index is 0.0367. The number of aromatic nitrogens is 2. The van der Waals surface area contributed by atoms with Gasteiger partial charge in [0.25, 0.3) is 0 Å². The number of fused-ring (bicyclic) bond motifs is 1. The summed E-state index contributed by atoms with van der Waals surface area (Å²) in [5.41, 5.74) is 3.17. The van der Waals surface area contributed by atoms with Crippen LogP contribution in [0.5, 0.6) is 0 Å². The van der Waals surface area contributed by atoms with E-state index in [1.807, 2.05) is 19.1 Å². The van der Waals surface area contributed by atoms with Gasteiger partial charge in [0.1, 0.15) is 0 Å². The Hall–Kier alpha value is -1.49. The SMILES string of the molecule is Cc1ccc2nc(SCC(=O)O)n(C(C)C)c2c1. The number of carboxylic acid groups (broad SMARTS) is 1. The molecule has 0 aliphatic heterocycles. The van der Waals surface area contributed by atoms with E-state index in [-0.39, 0.29) is 11.8 Å². The van der Waals surface area contributed by atoms with Crippen LogP contribution in [-0.2, 0) is 4.79 Å². The Morgan fingerprint density at radius 2 is 2.22 bits per heavy atom. The lowest BCUT2D eigenvalue weighted by atomic mass is 10.2. The number of rotatable bonds is 4. The second-order valence-electron chi connectivity index (χ2n) is 4.53. The molecule has 0 spiro atoms. The maximum absolute atomic E-state index is 10.7. The molecule has 18 heavy (non-hydrogen) atoms. The number of hydrogen-bond acceptors (Lipinski definition) is 3. The summed E-state index contributed by atoms with van der Waals surface area (Å²) in [5, 5.41) is 9.54. The number of carboxylic acids is 1. The van der Waals surface area contributed by atoms with E-state index in [1.54, 1.807) is 0 Å². The highest BCUT2D eigenvalue weighted by Crippen LogP contribution is 2.28. The van der Waals surface area contributed by atoms with E-state index in [9.17, 15) is 4.79 Å². The van der Waals surface area contributed by atoms with Gasteiger partial charge < -0.3 is 9.67 Å². The van der Waals surface area contributed by atoms with Crippen LogP contribution in [0.15, 0.2) is 23.4 Å². The van der Waals surface area contributed by atoms with Gasteiger partial charge in [-0.15, -0.1) is 0 Å². The molecule has 0 radical (unpaired) electrons. The van der Waals surface area contributed by atoms with Crippen LogP contribution in [0.25, 0.3) is 11.0 Å². The molecule has 0 saturated heterocycles. The van der Waals surface area contributed by atoms with Crippen molar-refractivity contribution in [3.8, 4) is 0 Å². The summed E-state index contributed by atoms with van der Waals surface area (Å²) in [6.07, 6.45) is 0. The van der Waals surface area contributed by atoms with Crippen LogP contribution in [0.2, 0.25) is 0 Å². The van der Waals surface area contributed by atoms with E-state index >= 15 is 0 Å². The molecule has 0 unspecified atom stereocenters. The van der Waals surface area contributed by atoms with Gasteiger partial charge in [-0.25, -0.2) is 4.98 Å². The summed E-state index contributed by atoms with van der Waals surface area (Å²) in [6.45, 7) is 6.20. The van der Waals surface area contributed by atoms with Crippen molar-refractivity contribution in [3.63, 3.8) is 0 Å². The molecule has 96 valence electrons. The Balaban J connectivity index is 2.51. The summed E-state index contributed by atoms with van der Waals surface area (Å²) >= 11 is 1.27. The summed E-state index contributed by atoms with van der Waals surface area (Å²) in [7, 11) is 0. The standard InChI is InChI=1S/C13H16N2O2S/c1-8(2)15-11-6-9(3)4-5-10(11)14-13(15)18-7-12(16)17/h4-6,8H,7H2,1-3H3,(H,16,17). The van der Waals surface area contributed by atoms with Crippen LogP contribution >= 0.6 is 11.8 Å². The highest BCUT2D eigenvalue weighted by Gasteiger charge is 2.14. The van der Waals surface area contributed by atoms with Gasteiger partial charge in [0.15, 0.2) is 5.16 Å². The number of nitrogens with zero attached hydrogens (tertiary/aromatic N) is 2. The van der Waals surface area contributed by atoms with E-state index in [0.717, 1.165) is 16.2 Å². The Morgan fingerprint density at radius 1 is 1.50 bits per heavy atom. The zero-order valence-corrected chi connectivity index (χ0v) is 11.5. The molecule has 4 nitrogen and oxygen atoms in total. The first-order valence-electron chi connectivity index (χ1n) is 5.82. The van der Waals surface area contributed by atoms with Crippen molar-refractivity contribution in [2.24, 2.45) is 0 Å². The van der Waals surface area contributed by atoms with Crippen molar-refractivity contribution in [3.05, 3.63) is 23.8 Å². The first kappa shape index (κ1) is 13.0. The van der Waals surface area contributed by atoms with Gasteiger partial charge in [0, 0.05) is 6.04 Å². The number of aryl methyl sites for hydroxylation is 1. The van der Waals surface area contributed by atoms with E-state index in [0.29, 0.717) is 0 Å². The molecule has 0 aliphatic carbocycles. The van der Waals surface area contributed by atoms with E-state index in [4.69, 9.17) is 5.11 Å². The fourth-order valence-corrected chi connectivity index (χ4v) is 2.77. The third-order valence-corrected chi connectivity index (χ3v) is 3.59. The molecule has 0 amide bonds. The van der Waals surface area contributed by atoms with Crippen molar-refractivity contribution >= 4 is 28.8 Å². The van der Waals surface area contributed by atoms with Gasteiger partial charge in [-0.3, -0.25) is 4.79 Å². The van der Waals surface area contributed by atoms with Gasteiger partial charge in [-0.2, -0.15) is 0 Å². The van der Waals surface area contributed by atoms with E-state index < -0.39 is 5.97 Å². The highest BCUT2D eigenvalue weighted by atomic mass is 32.2. The Morgan fingerprint density at radius 3 is 2.83 bits per heavy atom. The molecule has 0 saturated carbocycles. The van der Waals surface area contributed by atoms with Gasteiger partial charge in [-0.1, -0.05) is 17.8 Å². The summed E-state index contributed by atoms with van der Waals surface area (Å²) in [6, 6.07) is 6.35. The summed E-state index contributed by atoms with van der Waals surface area (Å²) in [4.78, 5) is 15.2. The third-order valence-electron chi connectivity index (χ3n) is 2.65. The van der Waals surface area contributed by atoms with Crippen LogP contribution in [0, 0.1) is 6.92 Å². The zero-order chi connectivity index (χ0) is 13.3. The number of benzene rings is 1. The predicted molar refractivity (Wildman–Crippen MR) is 73.2 cm³/mol. The van der Waals surface area contributed by atoms with E-state index in [1.165, 1.54) is 17.3 Å². The lowest BCUT2D eigenvalue weighted by molar-refractivity contribution is -0.133. The van der Waals surface area contributed by atoms with Crippen molar-refractivity contribution in [1.29, 1.82) is 0 Å². The largest absolute Gasteiger partial charge is 0.481 e. The van der Waals surface area contributed by atoms with Crippen LogP contribution in [0.4, 0.5) is 0 Å². The molecular formula is C13H16N2O2S. The molecule has 0 aliphatic rings. The maximum Gasteiger partial charge on any atom is 0.313 e. The van der Waals surface area contributed by atoms with E-state index in [2.05, 4.69) is 29.5 Å². The van der Waals surface area contributed by atoms with Crippen molar-refractivity contribution < 1.29 is 9.90 Å². The minimum Gasteiger partial charge on any atom is -0.481 e. The van der Waals surface area contributed by atoms with Crippen molar-refractivity contribution in [2.75, 3.05) is 5.75 Å². The number of thioether (sulfide) groups is 1. The van der Waals surface area contributed by atoms with Gasteiger partial charge in [0.05, 0.1) is 16.8 Å². The molecule has 2 aromatic rings. The third kappa shape index (κ3) is 2.51. The topological polar surface area (TPSA) is 55.1 Å². The smallest absolute Gasteiger partial charge is 0.313 e. The second-order valence-corrected chi connectivity index (χ2v) is 5.48. The first-order chi connectivity index (χ1) is 8.49. The maximum atomic E-state index is 10.7. The van der Waals surface area contributed by atoms with Gasteiger partial charge in [-0.05, 0) is 38.5 Å². The molecule has 2 rings (SSSR count). The molecule has 5 heteroatoms. The zero-order valence-electron chi connectivity index (χ0n) is 10.7. The Bertz CT molecular complexity index is 590. The summed E-state index contributed by atoms with van der Waals surface area (Å²) < 4.78 is 2.09. The molecule has 1 heterocycles. The molecule has 1 aromatic heterocycles. The number of hydrogen-bond donors (Lipinski definition) is 1. The minimum atomic E-state index is -0.821. The molecule has 0 bridgehead atoms. The van der Waals surface area contributed by atoms with Crippen LogP contribution in [-0.4, -0.2) is 26.4 Å². The summed E-state index contributed by atoms with van der Waals surface area (Å²) in [5.74, 6) is -0.784. The predicted octanol–water partition coefficient (Wildman–Crippen LogP) is 3.10. The Kier molecular flexibility index (Phi) is 3.61. The molecule has 0 fully saturated rings. The van der Waals surface area contributed by atoms with Crippen LogP contribution in [0.3, 0.4) is 0 Å². The molecule has 1 aromatic carbocycles. The van der Waals surface area contributed by atoms with Crippen molar-refractivity contribution in [2.45, 2.75) is 32.0 Å². The molecular weight excluding hydrogens is 248 g/mol. The van der Waals surface area contributed by atoms with Gasteiger partial charge >= 0.3 is 5.97 Å². The number of carbonyl (C=O) groups is 1. The Labute approximate surface area is 110 Å². The van der Waals surface area contributed by atoms with Crippen LogP contribution < -0.4 is 0 Å². The lowest BCUT2D eigenvalue weighted by Crippen LogP contribution is -2.05. The second kappa shape index (κ2) is 5.02. The van der Waals surface area contributed by atoms with Crippen LogP contribution in [0.1, 0.15) is 25.5 Å². The lowest BCUT2D eigenvalue weighted by Gasteiger charge is -2.12. The molecule has 1 N–H and O–H groups in total. The fourth-order valence-electron chi connectivity index (χ4n) is 1.91. The van der Waals surface area contributed by atoms with Crippen molar-refractivity contribution in [1.82, 2.24) is 9.55 Å². The normalized spacial score (nSPS) is 11.3. The quantitative estimate of drug-likeness (QED) is 0.862. The number of aliphatic carboxylic acids is 1. The van der Waals surface area contributed by atoms with Gasteiger partial charge in [0.2, 0.25) is 0 Å². The number of imidazole rings is 1. The fraction of sp³-hybridized carbons (Fsp3) is 0.385. The molecule has 0 atom stereocenters. The highest BCUT2D eigenvalue weighted by molar-refractivity contribution is 7.99. The average molecular weight is 264 g/mol. The average Bonchev–Trinajstić information content (AvgIpc) is 2.63.